The van der Waals surface area contributed by atoms with Gasteiger partial charge in [0.15, 0.2) is 0 Å². The van der Waals surface area contributed by atoms with Gasteiger partial charge in [0.05, 0.1) is 13.0 Å². The molecule has 100 valence electrons. The first-order valence-corrected chi connectivity index (χ1v) is 6.05. The molecule has 1 N–H and O–H groups in total. The second-order valence-electron chi connectivity index (χ2n) is 3.66. The first-order chi connectivity index (χ1) is 9.02. The van der Waals surface area contributed by atoms with Crippen molar-refractivity contribution in [2.75, 3.05) is 6.61 Å². The van der Waals surface area contributed by atoms with E-state index < -0.39 is 11.9 Å². The Kier molecular flexibility index (Phi) is 5.91. The van der Waals surface area contributed by atoms with Crippen LogP contribution in [0.3, 0.4) is 0 Å². The molecular weight excluding hydrogens is 268 g/mol. The number of benzene rings is 1. The molecule has 0 fully saturated rings. The molecule has 0 spiro atoms. The van der Waals surface area contributed by atoms with Crippen LogP contribution in [-0.4, -0.2) is 23.7 Å². The monoisotopic (exact) mass is 280 g/mol. The van der Waals surface area contributed by atoms with Crippen LogP contribution < -0.4 is 0 Å². The molecule has 1 rings (SSSR count). The van der Waals surface area contributed by atoms with Crippen LogP contribution in [0.5, 0.6) is 0 Å². The summed E-state index contributed by atoms with van der Waals surface area (Å²) in [5.41, 5.74) is 1.08. The summed E-state index contributed by atoms with van der Waals surface area (Å²) >= 11 is 5.81. The number of carboxylic acid groups (broad SMARTS) is 1. The SMILES string of the molecule is CCOC(=O)CC#Cc1ccc(Cl)cc1CC(=O)O. The van der Waals surface area contributed by atoms with Gasteiger partial charge in [0.2, 0.25) is 0 Å². The second-order valence-corrected chi connectivity index (χ2v) is 4.09. The highest BCUT2D eigenvalue weighted by molar-refractivity contribution is 6.30. The summed E-state index contributed by atoms with van der Waals surface area (Å²) in [7, 11) is 0. The fraction of sp³-hybridized carbons (Fsp3) is 0.286. The van der Waals surface area contributed by atoms with Crippen molar-refractivity contribution in [3.63, 3.8) is 0 Å². The molecule has 4 nitrogen and oxygen atoms in total. The second kappa shape index (κ2) is 7.45. The first-order valence-electron chi connectivity index (χ1n) is 5.67. The van der Waals surface area contributed by atoms with Gasteiger partial charge in [0.25, 0.3) is 0 Å². The van der Waals surface area contributed by atoms with Crippen molar-refractivity contribution < 1.29 is 19.4 Å². The summed E-state index contributed by atoms with van der Waals surface area (Å²) in [6.07, 6.45) is -0.188. The van der Waals surface area contributed by atoms with E-state index in [0.717, 1.165) is 0 Å². The van der Waals surface area contributed by atoms with E-state index in [2.05, 4.69) is 11.8 Å². The predicted molar refractivity (Wildman–Crippen MR) is 70.9 cm³/mol. The normalized spacial score (nSPS) is 9.37. The Labute approximate surface area is 116 Å². The minimum absolute atomic E-state index is 0.0248. The average molecular weight is 281 g/mol. The smallest absolute Gasteiger partial charge is 0.317 e. The molecular formula is C14H13ClO4. The lowest BCUT2D eigenvalue weighted by molar-refractivity contribution is -0.142. The average Bonchev–Trinajstić information content (AvgIpc) is 2.31. The fourth-order valence-electron chi connectivity index (χ4n) is 1.42. The van der Waals surface area contributed by atoms with Crippen LogP contribution in [0.2, 0.25) is 5.02 Å². The van der Waals surface area contributed by atoms with Crippen LogP contribution >= 0.6 is 11.6 Å². The van der Waals surface area contributed by atoms with Crippen LogP contribution in [-0.2, 0) is 20.7 Å². The minimum Gasteiger partial charge on any atom is -0.481 e. The number of ether oxygens (including phenoxy) is 1. The number of esters is 1. The molecule has 0 heterocycles. The number of rotatable bonds is 4. The molecule has 0 atom stereocenters. The van der Waals surface area contributed by atoms with Gasteiger partial charge >= 0.3 is 11.9 Å². The van der Waals surface area contributed by atoms with Crippen molar-refractivity contribution in [1.29, 1.82) is 0 Å². The van der Waals surface area contributed by atoms with E-state index in [-0.39, 0.29) is 12.8 Å². The van der Waals surface area contributed by atoms with E-state index in [1.165, 1.54) is 0 Å². The Morgan fingerprint density at radius 2 is 2.16 bits per heavy atom. The van der Waals surface area contributed by atoms with Crippen molar-refractivity contribution in [3.8, 4) is 11.8 Å². The minimum atomic E-state index is -0.962. The number of halogens is 1. The third kappa shape index (κ3) is 5.45. The Balaban J connectivity index is 2.85. The molecule has 0 aromatic heterocycles. The van der Waals surface area contributed by atoms with Crippen molar-refractivity contribution in [2.24, 2.45) is 0 Å². The summed E-state index contributed by atoms with van der Waals surface area (Å²) in [5, 5.41) is 9.25. The van der Waals surface area contributed by atoms with Gasteiger partial charge in [0.1, 0.15) is 6.42 Å². The number of carboxylic acids is 1. The van der Waals surface area contributed by atoms with Crippen molar-refractivity contribution in [1.82, 2.24) is 0 Å². The molecule has 0 radical (unpaired) electrons. The van der Waals surface area contributed by atoms with Crippen molar-refractivity contribution >= 4 is 23.5 Å². The first kappa shape index (κ1) is 15.1. The molecule has 1 aromatic rings. The summed E-state index contributed by atoms with van der Waals surface area (Å²) in [6.45, 7) is 2.03. The number of hydrogen-bond donors (Lipinski definition) is 1. The van der Waals surface area contributed by atoms with E-state index in [1.54, 1.807) is 25.1 Å². The van der Waals surface area contributed by atoms with Crippen molar-refractivity contribution in [2.45, 2.75) is 19.8 Å². The maximum Gasteiger partial charge on any atom is 0.317 e. The molecule has 0 saturated heterocycles. The van der Waals surface area contributed by atoms with Gasteiger partial charge in [-0.25, -0.2) is 0 Å². The van der Waals surface area contributed by atoms with Crippen LogP contribution in [0.1, 0.15) is 24.5 Å². The lowest BCUT2D eigenvalue weighted by atomic mass is 10.0. The zero-order valence-corrected chi connectivity index (χ0v) is 11.2. The molecule has 0 unspecified atom stereocenters. The Morgan fingerprint density at radius 1 is 1.42 bits per heavy atom. The molecule has 5 heteroatoms. The highest BCUT2D eigenvalue weighted by atomic mass is 35.5. The highest BCUT2D eigenvalue weighted by Gasteiger charge is 2.06. The fourth-order valence-corrected chi connectivity index (χ4v) is 1.61. The highest BCUT2D eigenvalue weighted by Crippen LogP contribution is 2.16. The quantitative estimate of drug-likeness (QED) is 0.679. The lowest BCUT2D eigenvalue weighted by Crippen LogP contribution is -2.03. The van der Waals surface area contributed by atoms with Gasteiger partial charge in [-0.2, -0.15) is 0 Å². The van der Waals surface area contributed by atoms with Crippen molar-refractivity contribution in [3.05, 3.63) is 34.3 Å². The van der Waals surface area contributed by atoms with Gasteiger partial charge < -0.3 is 9.84 Å². The predicted octanol–water partition coefficient (Wildman–Crippen LogP) is 2.27. The molecule has 0 aliphatic rings. The van der Waals surface area contributed by atoms with Gasteiger partial charge in [-0.15, -0.1) is 0 Å². The summed E-state index contributed by atoms with van der Waals surface area (Å²) in [6, 6.07) is 4.82. The lowest BCUT2D eigenvalue weighted by Gasteiger charge is -2.02. The number of aliphatic carboxylic acids is 1. The van der Waals surface area contributed by atoms with Gasteiger partial charge in [0, 0.05) is 10.6 Å². The molecule has 0 aliphatic heterocycles. The summed E-state index contributed by atoms with van der Waals surface area (Å²) in [4.78, 5) is 21.8. The molecule has 0 amide bonds. The Hall–Kier alpha value is -1.99. The number of carbonyl (C=O) groups is 2. The van der Waals surface area contributed by atoms with E-state index in [9.17, 15) is 9.59 Å². The molecule has 0 aliphatic carbocycles. The van der Waals surface area contributed by atoms with Gasteiger partial charge in [-0.1, -0.05) is 23.4 Å². The summed E-state index contributed by atoms with van der Waals surface area (Å²) in [5.74, 6) is 4.06. The summed E-state index contributed by atoms with van der Waals surface area (Å²) < 4.78 is 4.74. The third-order valence-electron chi connectivity index (χ3n) is 2.17. The standard InChI is InChI=1S/C14H13ClO4/c1-2-19-14(18)5-3-4-10-6-7-12(15)8-11(10)9-13(16)17/h6-8H,2,5,9H2,1H3,(H,16,17). The number of hydrogen-bond acceptors (Lipinski definition) is 3. The largest absolute Gasteiger partial charge is 0.481 e. The van der Waals surface area contributed by atoms with Gasteiger partial charge in [-0.3, -0.25) is 9.59 Å². The van der Waals surface area contributed by atoms with E-state index in [1.807, 2.05) is 0 Å². The van der Waals surface area contributed by atoms with E-state index in [0.29, 0.717) is 22.8 Å². The molecule has 0 saturated carbocycles. The zero-order chi connectivity index (χ0) is 14.3. The maximum atomic E-state index is 11.1. The van der Waals surface area contributed by atoms with Crippen LogP contribution in [0.4, 0.5) is 0 Å². The zero-order valence-electron chi connectivity index (χ0n) is 10.4. The molecule has 0 bridgehead atoms. The Bertz CT molecular complexity index is 540. The topological polar surface area (TPSA) is 63.6 Å². The molecule has 1 aromatic carbocycles. The van der Waals surface area contributed by atoms with E-state index in [4.69, 9.17) is 21.4 Å². The maximum absolute atomic E-state index is 11.1. The Morgan fingerprint density at radius 3 is 2.79 bits per heavy atom. The number of carbonyl (C=O) groups excluding carboxylic acids is 1. The van der Waals surface area contributed by atoms with Gasteiger partial charge in [-0.05, 0) is 30.7 Å². The van der Waals surface area contributed by atoms with Crippen LogP contribution in [0.15, 0.2) is 18.2 Å². The van der Waals surface area contributed by atoms with Crippen LogP contribution in [0.25, 0.3) is 0 Å². The van der Waals surface area contributed by atoms with E-state index >= 15 is 0 Å². The molecule has 19 heavy (non-hydrogen) atoms. The third-order valence-corrected chi connectivity index (χ3v) is 2.41. The van der Waals surface area contributed by atoms with Crippen LogP contribution in [0, 0.1) is 11.8 Å².